The molecule has 49 heavy (non-hydrogen) atoms. The quantitative estimate of drug-likeness (QED) is 0.243. The van der Waals surface area contributed by atoms with Crippen molar-refractivity contribution >= 4 is 43.2 Å². The molecule has 2 aromatic carbocycles. The van der Waals surface area contributed by atoms with Gasteiger partial charge in [-0.2, -0.15) is 13.0 Å². The second-order valence-corrected chi connectivity index (χ2v) is 18.5. The summed E-state index contributed by atoms with van der Waals surface area (Å²) in [6, 6.07) is 14.3. The normalized spacial score (nSPS) is 25.9. The predicted octanol–water partition coefficient (Wildman–Crippen LogP) is 4.20. The van der Waals surface area contributed by atoms with E-state index in [9.17, 15) is 31.3 Å². The molecule has 7 rings (SSSR count). The van der Waals surface area contributed by atoms with E-state index >= 15 is 0 Å². The highest BCUT2D eigenvalue weighted by Crippen LogP contribution is 2.55. The average molecular weight is 711 g/mol. The number of fused-ring (bicyclic) bond motifs is 8. The summed E-state index contributed by atoms with van der Waals surface area (Å²) in [4.78, 5) is 13.9. The van der Waals surface area contributed by atoms with E-state index in [-0.39, 0.29) is 29.8 Å². The van der Waals surface area contributed by atoms with Gasteiger partial charge in [-0.25, -0.2) is 13.1 Å². The second-order valence-electron chi connectivity index (χ2n) is 14.7. The van der Waals surface area contributed by atoms with E-state index in [0.29, 0.717) is 12.8 Å². The van der Waals surface area contributed by atoms with Crippen LogP contribution in [0, 0.1) is 0 Å². The first kappa shape index (κ1) is 34.1. The molecule has 4 atom stereocenters. The zero-order chi connectivity index (χ0) is 35.1. The van der Waals surface area contributed by atoms with Crippen LogP contribution in [-0.2, 0) is 46.9 Å². The number of ether oxygens (including phenoxy) is 1. The molecule has 0 bridgehead atoms. The fourth-order valence-electron chi connectivity index (χ4n) is 8.74. The van der Waals surface area contributed by atoms with Crippen molar-refractivity contribution in [2.75, 3.05) is 30.3 Å². The minimum atomic E-state index is -4.35. The number of nitrogens with zero attached hydrogens (tertiary/aromatic N) is 2. The highest BCUT2D eigenvalue weighted by atomic mass is 32.2. The van der Waals surface area contributed by atoms with Gasteiger partial charge in [0.15, 0.2) is 12.3 Å². The molecule has 262 valence electrons. The van der Waals surface area contributed by atoms with Crippen LogP contribution in [-0.4, -0.2) is 85.6 Å². The Kier molecular flexibility index (Phi) is 8.26. The highest BCUT2D eigenvalue weighted by molar-refractivity contribution is 7.89. The van der Waals surface area contributed by atoms with Crippen molar-refractivity contribution in [3.05, 3.63) is 82.1 Å². The van der Waals surface area contributed by atoms with Gasteiger partial charge in [0.05, 0.1) is 35.0 Å². The van der Waals surface area contributed by atoms with E-state index in [4.69, 9.17) is 4.74 Å². The van der Waals surface area contributed by atoms with Crippen LogP contribution in [0.15, 0.2) is 65.4 Å². The molecule has 0 radical (unpaired) electrons. The number of benzene rings is 2. The summed E-state index contributed by atoms with van der Waals surface area (Å²) in [5.41, 5.74) is 8.96. The van der Waals surface area contributed by atoms with Crippen LogP contribution >= 0.6 is 0 Å². The summed E-state index contributed by atoms with van der Waals surface area (Å²) < 4.78 is 69.6. The van der Waals surface area contributed by atoms with Gasteiger partial charge in [0, 0.05) is 59.1 Å². The first-order valence-corrected chi connectivity index (χ1v) is 20.1. The van der Waals surface area contributed by atoms with Gasteiger partial charge in [-0.1, -0.05) is 24.3 Å². The number of sulfonamides is 1. The molecule has 0 fully saturated rings. The summed E-state index contributed by atoms with van der Waals surface area (Å²) >= 11 is 0. The van der Waals surface area contributed by atoms with E-state index in [2.05, 4.69) is 59.2 Å². The van der Waals surface area contributed by atoms with Crippen molar-refractivity contribution in [3.63, 3.8) is 0 Å². The number of allylic oxidation sites excluding steroid dienone is 1. The maximum absolute atomic E-state index is 12.9. The summed E-state index contributed by atoms with van der Waals surface area (Å²) in [5.74, 6) is -1.04. The maximum atomic E-state index is 12.9. The Morgan fingerprint density at radius 1 is 1.08 bits per heavy atom. The number of carbonyl (C=O) groups is 1. The smallest absolute Gasteiger partial charge is 0.307 e. The molecular weight excluding hydrogens is 667 g/mol. The first-order chi connectivity index (χ1) is 23.0. The lowest BCUT2D eigenvalue weighted by molar-refractivity contribution is -0.445. The zero-order valence-corrected chi connectivity index (χ0v) is 29.9. The van der Waals surface area contributed by atoms with Gasteiger partial charge in [0.25, 0.3) is 10.1 Å². The lowest BCUT2D eigenvalue weighted by Crippen LogP contribution is -2.47. The summed E-state index contributed by atoms with van der Waals surface area (Å²) in [6.45, 7) is 9.04. The van der Waals surface area contributed by atoms with Crippen molar-refractivity contribution in [1.82, 2.24) is 4.72 Å². The van der Waals surface area contributed by atoms with Gasteiger partial charge in [0.1, 0.15) is 0 Å². The van der Waals surface area contributed by atoms with Gasteiger partial charge in [-0.05, 0) is 76.3 Å². The molecule has 0 aliphatic carbocycles. The first-order valence-electron chi connectivity index (χ1n) is 16.9. The van der Waals surface area contributed by atoms with E-state index in [1.165, 1.54) is 12.6 Å². The average Bonchev–Trinajstić information content (AvgIpc) is 3.42. The number of carboxylic acids is 1. The van der Waals surface area contributed by atoms with Crippen LogP contribution in [0.1, 0.15) is 70.1 Å². The molecule has 0 spiro atoms. The number of para-hydroxylation sites is 1. The molecule has 5 aliphatic rings. The van der Waals surface area contributed by atoms with Gasteiger partial charge in [0.2, 0.25) is 15.7 Å². The Hall–Kier alpha value is -3.36. The Morgan fingerprint density at radius 2 is 1.84 bits per heavy atom. The lowest BCUT2D eigenvalue weighted by Gasteiger charge is -2.43. The van der Waals surface area contributed by atoms with Crippen molar-refractivity contribution in [1.29, 1.82) is 0 Å². The number of hydrogen-bond acceptors (Lipinski definition) is 7. The molecule has 3 N–H and O–H groups in total. The number of hydrogen-bond donors (Lipinski definition) is 3. The fraction of sp³-hybridized carbons (Fsp3) is 0.500. The Balaban J connectivity index is 1.25. The van der Waals surface area contributed by atoms with Crippen LogP contribution in [0.25, 0.3) is 0 Å². The third kappa shape index (κ3) is 5.77. The van der Waals surface area contributed by atoms with E-state index in [0.717, 1.165) is 70.8 Å². The van der Waals surface area contributed by atoms with Crippen LogP contribution < -0.4 is 9.62 Å². The third-order valence-corrected chi connectivity index (χ3v) is 13.7. The Morgan fingerprint density at radius 3 is 2.57 bits per heavy atom. The van der Waals surface area contributed by atoms with Gasteiger partial charge < -0.3 is 14.7 Å². The number of rotatable bonds is 10. The molecule has 0 amide bonds. The molecule has 0 aromatic heterocycles. The van der Waals surface area contributed by atoms with Crippen LogP contribution in [0.4, 0.5) is 11.4 Å². The molecular formula is C36H44N3O8S2+. The topological polar surface area (TPSA) is 153 Å². The Labute approximate surface area is 288 Å². The SMILES string of the molecule is CC(CNS(=O)(=O)CCCC1(C)C2=C3C=C4C5=[N+](CCC4OC3CCN2c2ccccc21)c1ccc(CC(=O)O)cc1C5(C)C)S(=O)(=O)O. The van der Waals surface area contributed by atoms with Gasteiger partial charge >= 0.3 is 5.97 Å². The molecule has 5 heterocycles. The van der Waals surface area contributed by atoms with Crippen LogP contribution in [0.2, 0.25) is 0 Å². The number of carboxylic acid groups (broad SMARTS) is 1. The summed E-state index contributed by atoms with van der Waals surface area (Å²) in [6.07, 6.45) is 4.70. The summed E-state index contributed by atoms with van der Waals surface area (Å²) in [5, 5.41) is 8.20. The van der Waals surface area contributed by atoms with Gasteiger partial charge in [-0.3, -0.25) is 9.35 Å². The van der Waals surface area contributed by atoms with Crippen molar-refractivity contribution in [2.45, 2.75) is 88.1 Å². The van der Waals surface area contributed by atoms with Crippen molar-refractivity contribution in [3.8, 4) is 0 Å². The maximum Gasteiger partial charge on any atom is 0.307 e. The molecule has 2 aromatic rings. The molecule has 0 saturated heterocycles. The third-order valence-electron chi connectivity index (χ3n) is 11.1. The number of anilines is 1. The lowest BCUT2D eigenvalue weighted by atomic mass is 9.72. The zero-order valence-electron chi connectivity index (χ0n) is 28.3. The molecule has 5 aliphatic heterocycles. The number of aliphatic carboxylic acids is 1. The van der Waals surface area contributed by atoms with Crippen LogP contribution in [0.5, 0.6) is 0 Å². The van der Waals surface area contributed by atoms with Crippen molar-refractivity contribution < 1.29 is 40.6 Å². The standard InChI is InChI=1S/C36H43N3O8S2/c1-22(49(44,45)46)21-37-48(42,43)17-7-14-36(4)26-8-5-6-9-28(26)39-16-13-31-25(34(36)39)20-24-30(47-31)12-15-38-29-11-10-23(19-32(40)41)18-27(29)35(2,3)33(24)38/h5-6,8-11,18,20,22,30-31,37H,7,12-17,19,21H2,1-4H3,(H-,40,41,44,45,46)/p+1. The molecule has 13 heteroatoms. The van der Waals surface area contributed by atoms with E-state index < -0.39 is 43.3 Å². The Bertz CT molecular complexity index is 2070. The van der Waals surface area contributed by atoms with Gasteiger partial charge in [-0.15, -0.1) is 0 Å². The summed E-state index contributed by atoms with van der Waals surface area (Å²) in [7, 11) is -8.15. The predicted molar refractivity (Wildman–Crippen MR) is 187 cm³/mol. The largest absolute Gasteiger partial charge is 0.481 e. The van der Waals surface area contributed by atoms with Crippen molar-refractivity contribution in [2.24, 2.45) is 0 Å². The molecule has 4 unspecified atom stereocenters. The fourth-order valence-corrected chi connectivity index (χ4v) is 10.3. The second kappa shape index (κ2) is 11.9. The van der Waals surface area contributed by atoms with E-state index in [1.54, 1.807) is 0 Å². The number of nitrogens with one attached hydrogen (secondary N) is 1. The van der Waals surface area contributed by atoms with E-state index in [1.807, 2.05) is 24.3 Å². The van der Waals surface area contributed by atoms with Crippen LogP contribution in [0.3, 0.4) is 0 Å². The minimum absolute atomic E-state index is 0.0267. The molecule has 11 nitrogen and oxygen atoms in total. The molecule has 0 saturated carbocycles. The highest BCUT2D eigenvalue weighted by Gasteiger charge is 2.55. The monoisotopic (exact) mass is 710 g/mol. The minimum Gasteiger partial charge on any atom is -0.481 e.